The summed E-state index contributed by atoms with van der Waals surface area (Å²) < 4.78 is 10.2. The number of methoxy groups -OCH3 is 2. The van der Waals surface area contributed by atoms with E-state index < -0.39 is 0 Å². The summed E-state index contributed by atoms with van der Waals surface area (Å²) >= 11 is 0. The summed E-state index contributed by atoms with van der Waals surface area (Å²) in [6.45, 7) is 0.108. The van der Waals surface area contributed by atoms with Gasteiger partial charge in [0.2, 0.25) is 0 Å². The monoisotopic (exact) mass is 225 g/mol. The topological polar surface area (TPSA) is 67.8 Å². The number of carbonyl (C=O) groups is 1. The SMILES string of the molecule is COc1cccc(C(=O)NCCO)c1OC. The van der Waals surface area contributed by atoms with Crippen LogP contribution in [-0.4, -0.2) is 38.4 Å². The van der Waals surface area contributed by atoms with Gasteiger partial charge < -0.3 is 19.9 Å². The average Bonchev–Trinajstić information content (AvgIpc) is 2.34. The predicted molar refractivity (Wildman–Crippen MR) is 59.0 cm³/mol. The maximum Gasteiger partial charge on any atom is 0.255 e. The Bertz CT molecular complexity index is 365. The zero-order valence-corrected chi connectivity index (χ0v) is 9.32. The quantitative estimate of drug-likeness (QED) is 0.762. The highest BCUT2D eigenvalue weighted by Gasteiger charge is 2.15. The Hall–Kier alpha value is -1.75. The molecule has 0 saturated heterocycles. The molecule has 16 heavy (non-hydrogen) atoms. The van der Waals surface area contributed by atoms with Crippen molar-refractivity contribution in [3.05, 3.63) is 23.8 Å². The van der Waals surface area contributed by atoms with Crippen LogP contribution in [0.5, 0.6) is 11.5 Å². The molecule has 0 radical (unpaired) electrons. The minimum Gasteiger partial charge on any atom is -0.493 e. The van der Waals surface area contributed by atoms with Crippen LogP contribution in [0.2, 0.25) is 0 Å². The Labute approximate surface area is 94.0 Å². The van der Waals surface area contributed by atoms with Crippen molar-refractivity contribution in [3.63, 3.8) is 0 Å². The molecule has 0 heterocycles. The summed E-state index contributed by atoms with van der Waals surface area (Å²) in [6, 6.07) is 5.05. The van der Waals surface area contributed by atoms with Crippen LogP contribution in [0.3, 0.4) is 0 Å². The number of ether oxygens (including phenoxy) is 2. The van der Waals surface area contributed by atoms with Crippen molar-refractivity contribution in [2.75, 3.05) is 27.4 Å². The minimum atomic E-state index is -0.301. The van der Waals surface area contributed by atoms with Crippen LogP contribution in [0.15, 0.2) is 18.2 Å². The molecule has 0 atom stereocenters. The number of aliphatic hydroxyl groups excluding tert-OH is 1. The van der Waals surface area contributed by atoms with Gasteiger partial charge in [-0.1, -0.05) is 6.07 Å². The van der Waals surface area contributed by atoms with Crippen molar-refractivity contribution in [1.82, 2.24) is 5.32 Å². The van der Waals surface area contributed by atoms with Gasteiger partial charge in [-0.2, -0.15) is 0 Å². The van der Waals surface area contributed by atoms with Gasteiger partial charge in [0, 0.05) is 6.54 Å². The van der Waals surface area contributed by atoms with Crippen LogP contribution in [-0.2, 0) is 0 Å². The van der Waals surface area contributed by atoms with Crippen molar-refractivity contribution in [2.24, 2.45) is 0 Å². The van der Waals surface area contributed by atoms with E-state index in [1.165, 1.54) is 14.2 Å². The van der Waals surface area contributed by atoms with E-state index in [0.29, 0.717) is 17.1 Å². The zero-order chi connectivity index (χ0) is 12.0. The Kier molecular flexibility index (Phi) is 4.60. The van der Waals surface area contributed by atoms with E-state index >= 15 is 0 Å². The van der Waals surface area contributed by atoms with Crippen LogP contribution in [0.4, 0.5) is 0 Å². The largest absolute Gasteiger partial charge is 0.493 e. The molecule has 0 unspecified atom stereocenters. The van der Waals surface area contributed by atoms with Gasteiger partial charge in [0.15, 0.2) is 11.5 Å². The summed E-state index contributed by atoms with van der Waals surface area (Å²) in [4.78, 5) is 11.7. The lowest BCUT2D eigenvalue weighted by Crippen LogP contribution is -2.26. The van der Waals surface area contributed by atoms with Crippen LogP contribution >= 0.6 is 0 Å². The van der Waals surface area contributed by atoms with Crippen LogP contribution in [0, 0.1) is 0 Å². The highest BCUT2D eigenvalue weighted by atomic mass is 16.5. The van der Waals surface area contributed by atoms with Crippen molar-refractivity contribution < 1.29 is 19.4 Å². The average molecular weight is 225 g/mol. The predicted octanol–water partition coefficient (Wildman–Crippen LogP) is 0.426. The minimum absolute atomic E-state index is 0.0992. The number of rotatable bonds is 5. The number of carbonyl (C=O) groups excluding carboxylic acids is 1. The standard InChI is InChI=1S/C11H15NO4/c1-15-9-5-3-4-8(10(9)16-2)11(14)12-6-7-13/h3-5,13H,6-7H2,1-2H3,(H,12,14). The van der Waals surface area contributed by atoms with Crippen molar-refractivity contribution in [3.8, 4) is 11.5 Å². The Morgan fingerprint density at radius 1 is 1.38 bits per heavy atom. The Morgan fingerprint density at radius 3 is 2.69 bits per heavy atom. The van der Waals surface area contributed by atoms with Crippen molar-refractivity contribution in [1.29, 1.82) is 0 Å². The normalized spacial score (nSPS) is 9.69. The van der Waals surface area contributed by atoms with E-state index in [2.05, 4.69) is 5.32 Å². The molecule has 0 aromatic heterocycles. The van der Waals surface area contributed by atoms with Gasteiger partial charge in [0.1, 0.15) is 0 Å². The Morgan fingerprint density at radius 2 is 2.12 bits per heavy atom. The second-order valence-corrected chi connectivity index (χ2v) is 3.02. The van der Waals surface area contributed by atoms with Gasteiger partial charge >= 0.3 is 0 Å². The summed E-state index contributed by atoms with van der Waals surface area (Å²) in [5, 5.41) is 11.2. The molecule has 5 heteroatoms. The lowest BCUT2D eigenvalue weighted by molar-refractivity contribution is 0.0941. The van der Waals surface area contributed by atoms with Gasteiger partial charge in [-0.05, 0) is 12.1 Å². The highest BCUT2D eigenvalue weighted by molar-refractivity contribution is 5.97. The molecule has 0 spiro atoms. The van der Waals surface area contributed by atoms with Gasteiger partial charge in [-0.3, -0.25) is 4.79 Å². The molecule has 88 valence electrons. The summed E-state index contributed by atoms with van der Waals surface area (Å²) in [7, 11) is 2.98. The maximum absolute atomic E-state index is 11.7. The molecule has 5 nitrogen and oxygen atoms in total. The third-order valence-corrected chi connectivity index (χ3v) is 2.04. The third kappa shape index (κ3) is 2.64. The van der Waals surface area contributed by atoms with E-state index in [1.54, 1.807) is 18.2 Å². The van der Waals surface area contributed by atoms with Crippen molar-refractivity contribution >= 4 is 5.91 Å². The smallest absolute Gasteiger partial charge is 0.255 e. The first-order valence-corrected chi connectivity index (χ1v) is 4.84. The summed E-state index contributed by atoms with van der Waals surface area (Å²) in [6.07, 6.45) is 0. The number of amides is 1. The number of nitrogens with one attached hydrogen (secondary N) is 1. The number of para-hydroxylation sites is 1. The summed E-state index contributed by atoms with van der Waals surface area (Å²) in [5.74, 6) is 0.587. The number of hydrogen-bond donors (Lipinski definition) is 2. The number of hydrogen-bond acceptors (Lipinski definition) is 4. The van der Waals surface area contributed by atoms with Crippen LogP contribution in [0.25, 0.3) is 0 Å². The molecule has 1 amide bonds. The first-order valence-electron chi connectivity index (χ1n) is 4.84. The van der Waals surface area contributed by atoms with Crippen molar-refractivity contribution in [2.45, 2.75) is 0 Å². The van der Waals surface area contributed by atoms with E-state index in [0.717, 1.165) is 0 Å². The number of aliphatic hydroxyl groups is 1. The molecular formula is C11H15NO4. The van der Waals surface area contributed by atoms with E-state index in [9.17, 15) is 4.79 Å². The second kappa shape index (κ2) is 5.97. The van der Waals surface area contributed by atoms with E-state index in [-0.39, 0.29) is 19.1 Å². The van der Waals surface area contributed by atoms with Gasteiger partial charge in [-0.25, -0.2) is 0 Å². The third-order valence-electron chi connectivity index (χ3n) is 2.04. The molecule has 1 aromatic rings. The van der Waals surface area contributed by atoms with Gasteiger partial charge in [0.05, 0.1) is 26.4 Å². The molecule has 0 bridgehead atoms. The molecule has 0 aliphatic carbocycles. The molecule has 1 rings (SSSR count). The van der Waals surface area contributed by atoms with E-state index in [1.807, 2.05) is 0 Å². The molecule has 0 aliphatic rings. The van der Waals surface area contributed by atoms with Crippen LogP contribution in [0.1, 0.15) is 10.4 Å². The Balaban J connectivity index is 2.98. The second-order valence-electron chi connectivity index (χ2n) is 3.02. The summed E-state index contributed by atoms with van der Waals surface area (Å²) in [5.41, 5.74) is 0.385. The fourth-order valence-electron chi connectivity index (χ4n) is 1.33. The molecule has 1 aromatic carbocycles. The lowest BCUT2D eigenvalue weighted by Gasteiger charge is -2.11. The van der Waals surface area contributed by atoms with Gasteiger partial charge in [0.25, 0.3) is 5.91 Å². The molecule has 0 aliphatic heterocycles. The molecule has 0 fully saturated rings. The fourth-order valence-corrected chi connectivity index (χ4v) is 1.33. The van der Waals surface area contributed by atoms with Crippen LogP contribution < -0.4 is 14.8 Å². The maximum atomic E-state index is 11.7. The highest BCUT2D eigenvalue weighted by Crippen LogP contribution is 2.30. The number of benzene rings is 1. The van der Waals surface area contributed by atoms with Gasteiger partial charge in [-0.15, -0.1) is 0 Å². The molecule has 0 saturated carbocycles. The lowest BCUT2D eigenvalue weighted by atomic mass is 10.1. The molecular weight excluding hydrogens is 210 g/mol. The van der Waals surface area contributed by atoms with E-state index in [4.69, 9.17) is 14.6 Å². The zero-order valence-electron chi connectivity index (χ0n) is 9.32. The first-order chi connectivity index (χ1) is 7.74. The first kappa shape index (κ1) is 12.3. The fraction of sp³-hybridized carbons (Fsp3) is 0.364. The molecule has 2 N–H and O–H groups in total.